The lowest BCUT2D eigenvalue weighted by atomic mass is 10.4. The van der Waals surface area contributed by atoms with Crippen molar-refractivity contribution >= 4 is 35.8 Å². The monoisotopic (exact) mass is 416 g/mol. The standard InChI is InChI=1S/C17H20O12/c1-5-12(18)24-7-14(20)28-10(3)16(22)26-9-27-17(23)11(4)29-15(21)8-25-13(19)6-2/h5-6,10-11H,1-2,7-9H2,3-4H3. The second kappa shape index (κ2) is 13.5. The van der Waals surface area contributed by atoms with Crippen molar-refractivity contribution < 1.29 is 57.2 Å². The first kappa shape index (κ1) is 25.3. The van der Waals surface area contributed by atoms with Crippen LogP contribution in [-0.2, 0) is 57.2 Å². The van der Waals surface area contributed by atoms with Crippen LogP contribution in [0, 0.1) is 0 Å². The normalized spacial score (nSPS) is 11.7. The van der Waals surface area contributed by atoms with Crippen LogP contribution < -0.4 is 0 Å². The van der Waals surface area contributed by atoms with E-state index >= 15 is 0 Å². The molecule has 0 bridgehead atoms. The van der Waals surface area contributed by atoms with Crippen LogP contribution in [0.4, 0.5) is 0 Å². The third-order valence-corrected chi connectivity index (χ3v) is 2.68. The van der Waals surface area contributed by atoms with Crippen LogP contribution in [0.5, 0.6) is 0 Å². The van der Waals surface area contributed by atoms with E-state index in [4.69, 9.17) is 0 Å². The highest BCUT2D eigenvalue weighted by atomic mass is 16.7. The Morgan fingerprint density at radius 1 is 0.690 bits per heavy atom. The van der Waals surface area contributed by atoms with Gasteiger partial charge in [0, 0.05) is 12.2 Å². The van der Waals surface area contributed by atoms with Crippen molar-refractivity contribution in [2.24, 2.45) is 0 Å². The highest BCUT2D eigenvalue weighted by Gasteiger charge is 2.23. The Kier molecular flexibility index (Phi) is 11.7. The Morgan fingerprint density at radius 2 is 1.03 bits per heavy atom. The van der Waals surface area contributed by atoms with Gasteiger partial charge in [-0.05, 0) is 13.8 Å². The Hall–Kier alpha value is -3.70. The number of carbonyl (C=O) groups excluding carboxylic acids is 6. The third-order valence-electron chi connectivity index (χ3n) is 2.68. The third kappa shape index (κ3) is 11.6. The maximum Gasteiger partial charge on any atom is 0.350 e. The van der Waals surface area contributed by atoms with Gasteiger partial charge in [-0.1, -0.05) is 13.2 Å². The molecule has 0 saturated heterocycles. The van der Waals surface area contributed by atoms with Gasteiger partial charge in [-0.25, -0.2) is 28.8 Å². The maximum absolute atomic E-state index is 11.6. The highest BCUT2D eigenvalue weighted by molar-refractivity contribution is 5.85. The van der Waals surface area contributed by atoms with E-state index in [1.54, 1.807) is 0 Å². The summed E-state index contributed by atoms with van der Waals surface area (Å²) >= 11 is 0. The first-order valence-electron chi connectivity index (χ1n) is 7.91. The van der Waals surface area contributed by atoms with Gasteiger partial charge in [0.25, 0.3) is 0 Å². The lowest BCUT2D eigenvalue weighted by Crippen LogP contribution is -2.31. The molecule has 0 fully saturated rings. The maximum atomic E-state index is 11.6. The molecule has 0 aliphatic rings. The van der Waals surface area contributed by atoms with Gasteiger partial charge in [-0.3, -0.25) is 0 Å². The number of carbonyl (C=O) groups is 6. The molecule has 0 aliphatic carbocycles. The molecule has 0 aromatic rings. The minimum Gasteiger partial charge on any atom is -0.451 e. The van der Waals surface area contributed by atoms with Crippen molar-refractivity contribution in [3.63, 3.8) is 0 Å². The molecule has 0 aliphatic heterocycles. The molecule has 0 rings (SSSR count). The van der Waals surface area contributed by atoms with E-state index < -0.39 is 68.0 Å². The van der Waals surface area contributed by atoms with Gasteiger partial charge in [0.15, 0.2) is 25.4 Å². The van der Waals surface area contributed by atoms with Crippen molar-refractivity contribution in [1.82, 2.24) is 0 Å². The molecule has 0 aromatic heterocycles. The molecule has 0 heterocycles. The zero-order valence-electron chi connectivity index (χ0n) is 15.7. The number of esters is 6. The summed E-state index contributed by atoms with van der Waals surface area (Å²) in [5.41, 5.74) is 0. The minimum absolute atomic E-state index is 0.734. The second-order valence-corrected chi connectivity index (χ2v) is 4.93. The van der Waals surface area contributed by atoms with Gasteiger partial charge in [0.05, 0.1) is 0 Å². The molecule has 0 spiro atoms. The van der Waals surface area contributed by atoms with Crippen molar-refractivity contribution in [2.45, 2.75) is 26.1 Å². The lowest BCUT2D eigenvalue weighted by Gasteiger charge is -2.14. The largest absolute Gasteiger partial charge is 0.451 e. The fourth-order valence-corrected chi connectivity index (χ4v) is 1.32. The van der Waals surface area contributed by atoms with Crippen molar-refractivity contribution in [1.29, 1.82) is 0 Å². The smallest absolute Gasteiger partial charge is 0.350 e. The van der Waals surface area contributed by atoms with Crippen LogP contribution in [0.1, 0.15) is 13.8 Å². The Labute approximate surface area is 165 Å². The summed E-state index contributed by atoms with van der Waals surface area (Å²) in [5, 5.41) is 0. The molecule has 29 heavy (non-hydrogen) atoms. The van der Waals surface area contributed by atoms with E-state index in [2.05, 4.69) is 41.6 Å². The SMILES string of the molecule is C=CC(=O)OCC(=O)OC(C)C(=O)OCOC(=O)C(C)OC(=O)COC(=O)C=C. The Bertz CT molecular complexity index is 609. The molecular formula is C17H20O12. The first-order valence-corrected chi connectivity index (χ1v) is 7.91. The average Bonchev–Trinajstić information content (AvgIpc) is 2.69. The van der Waals surface area contributed by atoms with Crippen molar-refractivity contribution in [3.05, 3.63) is 25.3 Å². The summed E-state index contributed by atoms with van der Waals surface area (Å²) in [4.78, 5) is 67.6. The van der Waals surface area contributed by atoms with Gasteiger partial charge < -0.3 is 28.4 Å². The van der Waals surface area contributed by atoms with Gasteiger partial charge in [-0.15, -0.1) is 0 Å². The first-order chi connectivity index (χ1) is 13.6. The number of rotatable bonds is 12. The van der Waals surface area contributed by atoms with E-state index in [1.807, 2.05) is 0 Å². The topological polar surface area (TPSA) is 158 Å². The van der Waals surface area contributed by atoms with Crippen LogP contribution >= 0.6 is 0 Å². The zero-order valence-corrected chi connectivity index (χ0v) is 15.7. The van der Waals surface area contributed by atoms with E-state index in [9.17, 15) is 28.8 Å². The Balaban J connectivity index is 4.16. The van der Waals surface area contributed by atoms with Crippen LogP contribution in [0.15, 0.2) is 25.3 Å². The summed E-state index contributed by atoms with van der Waals surface area (Å²) in [6, 6.07) is 0. The fourth-order valence-electron chi connectivity index (χ4n) is 1.32. The molecule has 0 aromatic carbocycles. The molecule has 2 atom stereocenters. The van der Waals surface area contributed by atoms with Gasteiger partial charge >= 0.3 is 35.8 Å². The summed E-state index contributed by atoms with van der Waals surface area (Å²) in [7, 11) is 0. The van der Waals surface area contributed by atoms with Gasteiger partial charge in [-0.2, -0.15) is 0 Å². The minimum atomic E-state index is -1.38. The van der Waals surface area contributed by atoms with E-state index in [0.29, 0.717) is 0 Å². The predicted octanol–water partition coefficient (Wildman–Crippen LogP) is -0.648. The van der Waals surface area contributed by atoms with Crippen LogP contribution in [0.2, 0.25) is 0 Å². The summed E-state index contributed by atoms with van der Waals surface area (Å²) in [6.45, 7) is 6.29. The molecule has 2 unspecified atom stereocenters. The highest BCUT2D eigenvalue weighted by Crippen LogP contribution is 2.00. The van der Waals surface area contributed by atoms with Crippen molar-refractivity contribution in [3.8, 4) is 0 Å². The second-order valence-electron chi connectivity index (χ2n) is 4.93. The van der Waals surface area contributed by atoms with Crippen LogP contribution in [0.25, 0.3) is 0 Å². The molecule has 12 heteroatoms. The van der Waals surface area contributed by atoms with Crippen LogP contribution in [-0.4, -0.2) is 68.0 Å². The van der Waals surface area contributed by atoms with Gasteiger partial charge in [0.1, 0.15) is 0 Å². The summed E-state index contributed by atoms with van der Waals surface area (Å²) in [5.74, 6) is -5.83. The van der Waals surface area contributed by atoms with Crippen LogP contribution in [0.3, 0.4) is 0 Å². The lowest BCUT2D eigenvalue weighted by molar-refractivity contribution is -0.186. The molecule has 0 amide bonds. The molecular weight excluding hydrogens is 396 g/mol. The molecule has 12 nitrogen and oxygen atoms in total. The van der Waals surface area contributed by atoms with E-state index in [0.717, 1.165) is 12.2 Å². The Morgan fingerprint density at radius 3 is 1.34 bits per heavy atom. The number of ether oxygens (including phenoxy) is 6. The van der Waals surface area contributed by atoms with Gasteiger partial charge in [0.2, 0.25) is 6.79 Å². The fraction of sp³-hybridized carbons (Fsp3) is 0.412. The number of hydrogen-bond donors (Lipinski definition) is 0. The quantitative estimate of drug-likeness (QED) is 0.172. The van der Waals surface area contributed by atoms with E-state index in [1.165, 1.54) is 13.8 Å². The number of hydrogen-bond acceptors (Lipinski definition) is 12. The predicted molar refractivity (Wildman–Crippen MR) is 90.5 cm³/mol. The average molecular weight is 416 g/mol. The summed E-state index contributed by atoms with van der Waals surface area (Å²) < 4.78 is 27.2. The van der Waals surface area contributed by atoms with E-state index in [-0.39, 0.29) is 0 Å². The van der Waals surface area contributed by atoms with Crippen molar-refractivity contribution in [2.75, 3.05) is 20.0 Å². The molecule has 160 valence electrons. The molecule has 0 saturated carbocycles. The molecule has 0 radical (unpaired) electrons. The zero-order chi connectivity index (χ0) is 22.4. The summed E-state index contributed by atoms with van der Waals surface area (Å²) in [6.07, 6.45) is -1.08. The molecule has 0 N–H and O–H groups in total.